The minimum atomic E-state index is 0.343. The Morgan fingerprint density at radius 3 is 2.85 bits per heavy atom. The van der Waals surface area contributed by atoms with Crippen molar-refractivity contribution in [1.29, 1.82) is 0 Å². The molecule has 0 bridgehead atoms. The molecular weight excluding hydrogens is 276 g/mol. The van der Waals surface area contributed by atoms with Crippen molar-refractivity contribution in [3.63, 3.8) is 0 Å². The van der Waals surface area contributed by atoms with Crippen LogP contribution in [0.3, 0.4) is 0 Å². The number of fused-ring (bicyclic) bond motifs is 1. The van der Waals surface area contributed by atoms with Gasteiger partial charge in [0, 0.05) is 16.0 Å². The van der Waals surface area contributed by atoms with Crippen LogP contribution < -0.4 is 5.48 Å². The summed E-state index contributed by atoms with van der Waals surface area (Å²) >= 11 is 5.92. The molecule has 4 nitrogen and oxygen atoms in total. The number of aliphatic imine (C=N–C) groups is 1. The third-order valence-electron chi connectivity index (χ3n) is 2.88. The maximum Gasteiger partial charge on any atom is 0.157 e. The number of hydrogen-bond donors (Lipinski definition) is 2. The molecule has 0 amide bonds. The van der Waals surface area contributed by atoms with Gasteiger partial charge in [-0.3, -0.25) is 10.7 Å². The molecule has 0 fully saturated rings. The van der Waals surface area contributed by atoms with Gasteiger partial charge in [-0.2, -0.15) is 0 Å². The van der Waals surface area contributed by atoms with Crippen LogP contribution in [0, 0.1) is 0 Å². The Bertz CT molecular complexity index is 780. The van der Waals surface area contributed by atoms with Crippen LogP contribution in [-0.4, -0.2) is 11.0 Å². The molecule has 3 aromatic rings. The van der Waals surface area contributed by atoms with E-state index in [9.17, 15) is 5.21 Å². The van der Waals surface area contributed by atoms with E-state index >= 15 is 0 Å². The van der Waals surface area contributed by atoms with Gasteiger partial charge >= 0.3 is 0 Å². The smallest absolute Gasteiger partial charge is 0.157 e. The van der Waals surface area contributed by atoms with Crippen molar-refractivity contribution >= 4 is 34.1 Å². The second-order valence-electron chi connectivity index (χ2n) is 4.23. The second-order valence-corrected chi connectivity index (χ2v) is 4.66. The molecular formula is C15H11ClN2O2. The van der Waals surface area contributed by atoms with Crippen LogP contribution in [0.4, 0.5) is 5.69 Å². The van der Waals surface area contributed by atoms with Gasteiger partial charge in [0.2, 0.25) is 0 Å². The highest BCUT2D eigenvalue weighted by Crippen LogP contribution is 2.21. The zero-order valence-electron chi connectivity index (χ0n) is 10.4. The van der Waals surface area contributed by atoms with Crippen molar-refractivity contribution in [3.05, 3.63) is 65.4 Å². The first-order valence-electron chi connectivity index (χ1n) is 5.98. The molecule has 0 aliphatic heterocycles. The third kappa shape index (κ3) is 2.52. The van der Waals surface area contributed by atoms with Gasteiger partial charge < -0.3 is 4.42 Å². The zero-order chi connectivity index (χ0) is 13.9. The largest absolute Gasteiger partial charge is 0.464 e. The number of rotatable bonds is 2. The van der Waals surface area contributed by atoms with Crippen molar-refractivity contribution in [3.8, 4) is 0 Å². The molecule has 20 heavy (non-hydrogen) atoms. The maximum absolute atomic E-state index is 9.30. The van der Waals surface area contributed by atoms with E-state index < -0.39 is 0 Å². The van der Waals surface area contributed by atoms with Gasteiger partial charge in [-0.05, 0) is 42.5 Å². The Labute approximate surface area is 120 Å². The van der Waals surface area contributed by atoms with Crippen LogP contribution in [0.25, 0.3) is 11.0 Å². The summed E-state index contributed by atoms with van der Waals surface area (Å²) in [6.07, 6.45) is 1.62. The van der Waals surface area contributed by atoms with E-state index in [1.807, 2.05) is 24.3 Å². The minimum Gasteiger partial charge on any atom is -0.464 e. The summed E-state index contributed by atoms with van der Waals surface area (Å²) in [5.41, 5.74) is 4.31. The number of furan rings is 1. The molecule has 0 atom stereocenters. The van der Waals surface area contributed by atoms with Gasteiger partial charge in [0.25, 0.3) is 0 Å². The summed E-state index contributed by atoms with van der Waals surface area (Å²) in [5, 5.41) is 10.8. The fourth-order valence-corrected chi connectivity index (χ4v) is 2.13. The fraction of sp³-hybridized carbons (Fsp3) is 0. The van der Waals surface area contributed by atoms with E-state index in [-0.39, 0.29) is 0 Å². The minimum absolute atomic E-state index is 0.343. The van der Waals surface area contributed by atoms with Crippen LogP contribution in [-0.2, 0) is 0 Å². The number of nitrogens with zero attached hydrogens (tertiary/aromatic N) is 1. The molecule has 0 aliphatic carbocycles. The van der Waals surface area contributed by atoms with Gasteiger partial charge in [-0.25, -0.2) is 4.99 Å². The monoisotopic (exact) mass is 286 g/mol. The molecule has 100 valence electrons. The van der Waals surface area contributed by atoms with Gasteiger partial charge in [-0.1, -0.05) is 17.7 Å². The molecule has 1 heterocycles. The molecule has 0 saturated heterocycles. The van der Waals surface area contributed by atoms with E-state index in [4.69, 9.17) is 16.0 Å². The first kappa shape index (κ1) is 12.7. The highest BCUT2D eigenvalue weighted by atomic mass is 35.5. The first-order chi connectivity index (χ1) is 9.76. The summed E-state index contributed by atoms with van der Waals surface area (Å²) in [5.74, 6) is 0.343. The Balaban J connectivity index is 2.04. The van der Waals surface area contributed by atoms with Gasteiger partial charge in [-0.15, -0.1) is 0 Å². The summed E-state index contributed by atoms with van der Waals surface area (Å²) in [7, 11) is 0. The van der Waals surface area contributed by atoms with Gasteiger partial charge in [0.1, 0.15) is 5.58 Å². The van der Waals surface area contributed by atoms with Crippen LogP contribution in [0.15, 0.2) is 64.2 Å². The Hall–Kier alpha value is -2.30. The Morgan fingerprint density at radius 1 is 1.15 bits per heavy atom. The number of amidine groups is 1. The van der Waals surface area contributed by atoms with E-state index in [0.717, 1.165) is 16.5 Å². The fourth-order valence-electron chi connectivity index (χ4n) is 1.94. The number of halogens is 1. The Morgan fingerprint density at radius 2 is 2.05 bits per heavy atom. The number of hydrogen-bond acceptors (Lipinski definition) is 3. The second kappa shape index (κ2) is 5.36. The van der Waals surface area contributed by atoms with Crippen molar-refractivity contribution < 1.29 is 9.62 Å². The molecule has 2 aromatic carbocycles. The maximum atomic E-state index is 9.30. The van der Waals surface area contributed by atoms with E-state index in [0.29, 0.717) is 16.5 Å². The predicted molar refractivity (Wildman–Crippen MR) is 78.8 cm³/mol. The third-order valence-corrected chi connectivity index (χ3v) is 3.12. The van der Waals surface area contributed by atoms with Crippen LogP contribution in [0.5, 0.6) is 0 Å². The lowest BCUT2D eigenvalue weighted by Crippen LogP contribution is -2.19. The summed E-state index contributed by atoms with van der Waals surface area (Å²) in [6, 6.07) is 14.5. The summed E-state index contributed by atoms with van der Waals surface area (Å²) < 4.78 is 5.28. The lowest BCUT2D eigenvalue weighted by molar-refractivity contribution is 0.235. The average Bonchev–Trinajstić information content (AvgIpc) is 2.92. The van der Waals surface area contributed by atoms with Gasteiger partial charge in [0.15, 0.2) is 5.84 Å². The molecule has 0 aliphatic rings. The van der Waals surface area contributed by atoms with E-state index in [2.05, 4.69) is 10.5 Å². The number of nitrogens with one attached hydrogen (secondary N) is 1. The molecule has 0 unspecified atom stereocenters. The van der Waals surface area contributed by atoms with Crippen molar-refractivity contribution in [2.75, 3.05) is 0 Å². The lowest BCUT2D eigenvalue weighted by Gasteiger charge is -2.05. The highest BCUT2D eigenvalue weighted by Gasteiger charge is 2.05. The lowest BCUT2D eigenvalue weighted by atomic mass is 10.1. The molecule has 0 radical (unpaired) electrons. The van der Waals surface area contributed by atoms with Crippen molar-refractivity contribution in [2.24, 2.45) is 4.99 Å². The summed E-state index contributed by atoms with van der Waals surface area (Å²) in [6.45, 7) is 0. The zero-order valence-corrected chi connectivity index (χ0v) is 11.1. The number of hydroxylamine groups is 1. The molecule has 0 saturated carbocycles. The molecule has 0 spiro atoms. The van der Waals surface area contributed by atoms with Crippen LogP contribution >= 0.6 is 11.6 Å². The number of benzene rings is 2. The molecule has 3 rings (SSSR count). The summed E-state index contributed by atoms with van der Waals surface area (Å²) in [4.78, 5) is 4.34. The quantitative estimate of drug-likeness (QED) is 0.423. The van der Waals surface area contributed by atoms with Gasteiger partial charge in [0.05, 0.1) is 12.0 Å². The normalized spacial score (nSPS) is 11.8. The first-order valence-corrected chi connectivity index (χ1v) is 6.36. The molecule has 2 N–H and O–H groups in total. The van der Waals surface area contributed by atoms with Crippen LogP contribution in [0.2, 0.25) is 5.02 Å². The molecule has 1 aromatic heterocycles. The highest BCUT2D eigenvalue weighted by molar-refractivity contribution is 6.30. The van der Waals surface area contributed by atoms with Crippen molar-refractivity contribution in [1.82, 2.24) is 5.48 Å². The average molecular weight is 287 g/mol. The van der Waals surface area contributed by atoms with E-state index in [1.54, 1.807) is 30.5 Å². The predicted octanol–water partition coefficient (Wildman–Crippen LogP) is 4.14. The van der Waals surface area contributed by atoms with Crippen LogP contribution in [0.1, 0.15) is 5.56 Å². The van der Waals surface area contributed by atoms with E-state index in [1.165, 1.54) is 0 Å². The van der Waals surface area contributed by atoms with Crippen molar-refractivity contribution in [2.45, 2.75) is 0 Å². The Kier molecular flexibility index (Phi) is 3.41. The topological polar surface area (TPSA) is 57.8 Å². The SMILES string of the molecule is ONC(=Nc1cccc(Cl)c1)c1ccc2occc2c1. The standard InChI is InChI=1S/C15H11ClN2O2/c16-12-2-1-3-13(9-12)17-15(18-19)11-4-5-14-10(8-11)6-7-20-14/h1-9,19H,(H,17,18). The molecule has 5 heteroatoms.